The highest BCUT2D eigenvalue weighted by molar-refractivity contribution is 5.76. The minimum Gasteiger partial charge on any atom is -0.461 e. The van der Waals surface area contributed by atoms with Crippen LogP contribution in [-0.2, 0) is 16.1 Å². The minimum atomic E-state index is -0.433. The summed E-state index contributed by atoms with van der Waals surface area (Å²) in [6, 6.07) is 4.55. The van der Waals surface area contributed by atoms with E-state index < -0.39 is 11.0 Å². The van der Waals surface area contributed by atoms with Gasteiger partial charge in [0.2, 0.25) is 0 Å². The maximum atomic E-state index is 12.6. The van der Waals surface area contributed by atoms with E-state index in [1.807, 2.05) is 0 Å². The van der Waals surface area contributed by atoms with Gasteiger partial charge in [0.15, 0.2) is 0 Å². The van der Waals surface area contributed by atoms with Crippen molar-refractivity contribution in [1.82, 2.24) is 5.32 Å². The second-order valence-corrected chi connectivity index (χ2v) is 8.02. The molecule has 1 saturated carbocycles. The van der Waals surface area contributed by atoms with Crippen molar-refractivity contribution in [3.8, 4) is 0 Å². The van der Waals surface area contributed by atoms with Crippen molar-refractivity contribution in [1.29, 1.82) is 0 Å². The first-order valence-electron chi connectivity index (χ1n) is 10.5. The molecule has 0 aromatic heterocycles. The van der Waals surface area contributed by atoms with Gasteiger partial charge in [0.25, 0.3) is 5.69 Å². The number of carbonyl (C=O) groups is 1. The van der Waals surface area contributed by atoms with Gasteiger partial charge in [0, 0.05) is 25.8 Å². The molecule has 1 atom stereocenters. The molecule has 0 saturated heterocycles. The van der Waals surface area contributed by atoms with Crippen LogP contribution >= 0.6 is 0 Å². The summed E-state index contributed by atoms with van der Waals surface area (Å²) >= 11 is 0. The summed E-state index contributed by atoms with van der Waals surface area (Å²) in [5, 5.41) is 26.5. The highest BCUT2D eigenvalue weighted by Crippen LogP contribution is 2.26. The van der Waals surface area contributed by atoms with Crippen LogP contribution in [0.1, 0.15) is 57.9 Å². The summed E-state index contributed by atoms with van der Waals surface area (Å²) in [6.07, 6.45) is 5.23. The van der Waals surface area contributed by atoms with Crippen LogP contribution in [0.2, 0.25) is 0 Å². The van der Waals surface area contributed by atoms with Crippen LogP contribution in [0.15, 0.2) is 18.2 Å². The lowest BCUT2D eigenvalue weighted by Gasteiger charge is -2.22. The van der Waals surface area contributed by atoms with Gasteiger partial charge in [-0.2, -0.15) is 0 Å². The number of hydrogen-bond donors (Lipinski definition) is 3. The van der Waals surface area contributed by atoms with Crippen molar-refractivity contribution in [2.45, 2.75) is 71.1 Å². The maximum absolute atomic E-state index is 12.6. The maximum Gasteiger partial charge on any atom is 0.323 e. The number of aliphatic hydroxyl groups excluding tert-OH is 1. The smallest absolute Gasteiger partial charge is 0.323 e. The van der Waals surface area contributed by atoms with E-state index in [1.165, 1.54) is 6.07 Å². The van der Waals surface area contributed by atoms with Gasteiger partial charge in [-0.05, 0) is 56.1 Å². The van der Waals surface area contributed by atoms with E-state index in [0.717, 1.165) is 31.2 Å². The first-order valence-corrected chi connectivity index (χ1v) is 10.5. The number of nitro groups is 1. The number of rotatable bonds is 12. The van der Waals surface area contributed by atoms with Crippen LogP contribution in [0.5, 0.6) is 0 Å². The van der Waals surface area contributed by atoms with E-state index in [2.05, 4.69) is 24.5 Å². The van der Waals surface area contributed by atoms with Crippen LogP contribution in [0.3, 0.4) is 0 Å². The number of nitro benzene ring substituents is 1. The van der Waals surface area contributed by atoms with Crippen molar-refractivity contribution in [2.24, 2.45) is 5.92 Å². The molecule has 0 amide bonds. The molecule has 3 N–H and O–H groups in total. The number of nitrogens with one attached hydrogen (secondary N) is 2. The average Bonchev–Trinajstić information content (AvgIpc) is 3.18. The summed E-state index contributed by atoms with van der Waals surface area (Å²) in [4.78, 5) is 23.6. The second kappa shape index (κ2) is 11.7. The number of aliphatic hydroxyl groups is 1. The number of ether oxygens (including phenoxy) is 1. The quantitative estimate of drug-likeness (QED) is 0.211. The van der Waals surface area contributed by atoms with Crippen LogP contribution in [0.25, 0.3) is 0 Å². The van der Waals surface area contributed by atoms with Gasteiger partial charge in [-0.25, -0.2) is 0 Å². The van der Waals surface area contributed by atoms with Crippen molar-refractivity contribution < 1.29 is 19.6 Å². The second-order valence-electron chi connectivity index (χ2n) is 8.02. The number of anilines is 1. The Kier molecular flexibility index (Phi) is 9.34. The zero-order valence-electron chi connectivity index (χ0n) is 17.4. The van der Waals surface area contributed by atoms with Crippen LogP contribution in [0, 0.1) is 16.0 Å². The number of esters is 1. The fourth-order valence-corrected chi connectivity index (χ4v) is 3.52. The van der Waals surface area contributed by atoms with Crippen LogP contribution in [0.4, 0.5) is 11.4 Å². The Balaban J connectivity index is 2.01. The largest absolute Gasteiger partial charge is 0.461 e. The molecule has 29 heavy (non-hydrogen) atoms. The summed E-state index contributed by atoms with van der Waals surface area (Å²) in [5.74, 6) is 0.0819. The molecule has 1 aromatic rings. The van der Waals surface area contributed by atoms with E-state index in [0.29, 0.717) is 37.5 Å². The molecule has 1 fully saturated rings. The van der Waals surface area contributed by atoms with Gasteiger partial charge >= 0.3 is 5.97 Å². The molecule has 0 radical (unpaired) electrons. The number of hydrogen-bond acceptors (Lipinski definition) is 7. The van der Waals surface area contributed by atoms with Crippen molar-refractivity contribution >= 4 is 17.3 Å². The molecule has 0 heterocycles. The Morgan fingerprint density at radius 3 is 2.69 bits per heavy atom. The highest BCUT2D eigenvalue weighted by Gasteiger charge is 2.26. The predicted octanol–water partition coefficient (Wildman–Crippen LogP) is 3.38. The molecule has 1 aliphatic carbocycles. The molecule has 162 valence electrons. The van der Waals surface area contributed by atoms with E-state index in [9.17, 15) is 14.9 Å². The van der Waals surface area contributed by atoms with Gasteiger partial charge in [-0.1, -0.05) is 19.9 Å². The monoisotopic (exact) mass is 407 g/mol. The van der Waals surface area contributed by atoms with Gasteiger partial charge in [0.1, 0.15) is 17.8 Å². The van der Waals surface area contributed by atoms with E-state index >= 15 is 0 Å². The Morgan fingerprint density at radius 1 is 1.34 bits per heavy atom. The third-order valence-corrected chi connectivity index (χ3v) is 5.04. The standard InChI is InChI=1S/C21H33N3O5/c1-15(2)12-19(21(26)29-17-6-3-4-7-17)23-14-16-8-9-18(22-10-5-11-25)20(13-16)24(27)28/h8-9,13,15,17,19,22-23,25H,3-7,10-12,14H2,1-2H3/t19-/m0/s1. The molecule has 1 aromatic carbocycles. The Bertz CT molecular complexity index is 674. The minimum absolute atomic E-state index is 0.0174. The van der Waals surface area contributed by atoms with Crippen LogP contribution < -0.4 is 10.6 Å². The topological polar surface area (TPSA) is 114 Å². The Morgan fingerprint density at radius 2 is 2.07 bits per heavy atom. The first kappa shape index (κ1) is 23.1. The van der Waals surface area contributed by atoms with Crippen LogP contribution in [-0.4, -0.2) is 41.3 Å². The number of carbonyl (C=O) groups excluding carboxylic acids is 1. The molecular weight excluding hydrogens is 374 g/mol. The molecule has 0 unspecified atom stereocenters. The predicted molar refractivity (Wildman–Crippen MR) is 112 cm³/mol. The van der Waals surface area contributed by atoms with Gasteiger partial charge in [-0.3, -0.25) is 14.9 Å². The molecule has 1 aliphatic rings. The first-order chi connectivity index (χ1) is 13.9. The number of nitrogens with zero attached hydrogens (tertiary/aromatic N) is 1. The highest BCUT2D eigenvalue weighted by atomic mass is 16.6. The fraction of sp³-hybridized carbons (Fsp3) is 0.667. The van der Waals surface area contributed by atoms with E-state index in [-0.39, 0.29) is 24.4 Å². The molecular formula is C21H33N3O5. The van der Waals surface area contributed by atoms with Crippen molar-refractivity contribution in [2.75, 3.05) is 18.5 Å². The molecule has 8 nitrogen and oxygen atoms in total. The molecule has 0 aliphatic heterocycles. The lowest BCUT2D eigenvalue weighted by molar-refractivity contribution is -0.384. The summed E-state index contributed by atoms with van der Waals surface area (Å²) in [6.45, 7) is 4.93. The molecule has 8 heteroatoms. The Labute approximate surface area is 172 Å². The van der Waals surface area contributed by atoms with Gasteiger partial charge in [-0.15, -0.1) is 0 Å². The van der Waals surface area contributed by atoms with Crippen molar-refractivity contribution in [3.05, 3.63) is 33.9 Å². The molecule has 2 rings (SSSR count). The fourth-order valence-electron chi connectivity index (χ4n) is 3.52. The number of benzene rings is 1. The summed E-state index contributed by atoms with van der Waals surface area (Å²) in [5.41, 5.74) is 1.13. The molecule has 0 spiro atoms. The average molecular weight is 408 g/mol. The van der Waals surface area contributed by atoms with Gasteiger partial charge in [0.05, 0.1) is 4.92 Å². The molecule has 0 bridgehead atoms. The summed E-state index contributed by atoms with van der Waals surface area (Å²) < 4.78 is 5.66. The van der Waals surface area contributed by atoms with Crippen molar-refractivity contribution in [3.63, 3.8) is 0 Å². The van der Waals surface area contributed by atoms with E-state index in [4.69, 9.17) is 9.84 Å². The Hall–Kier alpha value is -2.19. The lowest BCUT2D eigenvalue weighted by Crippen LogP contribution is -2.40. The van der Waals surface area contributed by atoms with Gasteiger partial charge < -0.3 is 20.5 Å². The SMILES string of the molecule is CC(C)C[C@H](NCc1ccc(NCCCO)c([N+](=O)[O-])c1)C(=O)OC1CCCC1. The third-order valence-electron chi connectivity index (χ3n) is 5.04. The lowest BCUT2D eigenvalue weighted by atomic mass is 10.0. The normalized spacial score (nSPS) is 15.4. The third kappa shape index (κ3) is 7.62. The zero-order chi connectivity index (χ0) is 21.2. The summed E-state index contributed by atoms with van der Waals surface area (Å²) in [7, 11) is 0. The van der Waals surface area contributed by atoms with E-state index in [1.54, 1.807) is 12.1 Å². The zero-order valence-corrected chi connectivity index (χ0v) is 17.4.